The zero-order valence-electron chi connectivity index (χ0n) is 13.3. The number of rotatable bonds is 4. The zero-order chi connectivity index (χ0) is 16.2. The average molecular weight is 297 g/mol. The second-order valence-electron chi connectivity index (χ2n) is 6.49. The number of hydrogen-bond donors (Lipinski definition) is 2. The largest absolute Gasteiger partial charge is 0.388 e. The fourth-order valence-electron chi connectivity index (χ4n) is 2.13. The van der Waals surface area contributed by atoms with E-state index in [9.17, 15) is 9.90 Å². The number of aliphatic hydroxyl groups excluding tert-OH is 1. The molecule has 0 heterocycles. The van der Waals surface area contributed by atoms with Crippen LogP contribution in [0.4, 0.5) is 5.69 Å². The molecule has 1 atom stereocenters. The van der Waals surface area contributed by atoms with Gasteiger partial charge < -0.3 is 10.4 Å². The molecule has 2 rings (SSSR count). The molecular weight excluding hydrogens is 274 g/mol. The van der Waals surface area contributed by atoms with E-state index in [-0.39, 0.29) is 5.91 Å². The molecule has 0 aromatic heterocycles. The lowest BCUT2D eigenvalue weighted by Gasteiger charge is -2.20. The number of nitrogens with one attached hydrogen (secondary N) is 1. The van der Waals surface area contributed by atoms with Gasteiger partial charge in [-0.25, -0.2) is 0 Å². The molecule has 3 heteroatoms. The molecule has 2 N–H and O–H groups in total. The van der Waals surface area contributed by atoms with Crippen molar-refractivity contribution in [3.8, 4) is 0 Å². The van der Waals surface area contributed by atoms with Gasteiger partial charge >= 0.3 is 0 Å². The third kappa shape index (κ3) is 4.18. The molecule has 0 bridgehead atoms. The van der Waals surface area contributed by atoms with Gasteiger partial charge in [0, 0.05) is 17.5 Å². The summed E-state index contributed by atoms with van der Waals surface area (Å²) in [5.41, 5.74) is 2.11. The minimum absolute atomic E-state index is 0.0332. The molecule has 3 nitrogen and oxygen atoms in total. The van der Waals surface area contributed by atoms with E-state index < -0.39 is 11.5 Å². The third-order valence-electron chi connectivity index (χ3n) is 3.54. The maximum absolute atomic E-state index is 12.2. The van der Waals surface area contributed by atoms with E-state index in [1.807, 2.05) is 75.4 Å². The van der Waals surface area contributed by atoms with Gasteiger partial charge in [-0.15, -0.1) is 0 Å². The molecule has 0 fully saturated rings. The molecule has 1 amide bonds. The van der Waals surface area contributed by atoms with Crippen molar-refractivity contribution in [3.05, 3.63) is 65.7 Å². The van der Waals surface area contributed by atoms with E-state index in [2.05, 4.69) is 5.32 Å². The number of para-hydroxylation sites is 1. The summed E-state index contributed by atoms with van der Waals surface area (Å²) in [6.45, 7) is 5.64. The van der Waals surface area contributed by atoms with Crippen LogP contribution in [0, 0.1) is 5.41 Å². The van der Waals surface area contributed by atoms with Gasteiger partial charge in [0.2, 0.25) is 5.91 Å². The maximum Gasteiger partial charge on any atom is 0.229 e. The number of benzene rings is 2. The summed E-state index contributed by atoms with van der Waals surface area (Å²) >= 11 is 0. The summed E-state index contributed by atoms with van der Waals surface area (Å²) in [5.74, 6) is -0.0332. The molecule has 2 aromatic rings. The lowest BCUT2D eigenvalue weighted by atomic mass is 9.94. The highest BCUT2D eigenvalue weighted by Crippen LogP contribution is 2.25. The van der Waals surface area contributed by atoms with Gasteiger partial charge in [-0.05, 0) is 17.2 Å². The highest BCUT2D eigenvalue weighted by atomic mass is 16.3. The van der Waals surface area contributed by atoms with Crippen LogP contribution in [0.2, 0.25) is 0 Å². The number of carbonyl (C=O) groups is 1. The quantitative estimate of drug-likeness (QED) is 0.897. The van der Waals surface area contributed by atoms with Gasteiger partial charge in [-0.2, -0.15) is 0 Å². The Morgan fingerprint density at radius 1 is 1.05 bits per heavy atom. The molecule has 0 spiro atoms. The molecule has 0 aliphatic carbocycles. The topological polar surface area (TPSA) is 49.3 Å². The molecular formula is C19H23NO2. The first kappa shape index (κ1) is 16.2. The van der Waals surface area contributed by atoms with Crippen molar-refractivity contribution in [2.75, 3.05) is 5.32 Å². The molecule has 0 saturated heterocycles. The number of carbonyl (C=O) groups excluding carboxylic acids is 1. The molecule has 1 unspecified atom stereocenters. The summed E-state index contributed by atoms with van der Waals surface area (Å²) in [5, 5.41) is 13.3. The van der Waals surface area contributed by atoms with Crippen molar-refractivity contribution in [3.63, 3.8) is 0 Å². The smallest absolute Gasteiger partial charge is 0.229 e. The summed E-state index contributed by atoms with van der Waals surface area (Å²) < 4.78 is 0. The molecule has 2 aromatic carbocycles. The zero-order valence-corrected chi connectivity index (χ0v) is 13.3. The predicted octanol–water partition coefficient (Wildman–Crippen LogP) is 3.95. The normalized spacial score (nSPS) is 12.7. The van der Waals surface area contributed by atoms with E-state index in [0.717, 1.165) is 16.8 Å². The number of amides is 1. The predicted molar refractivity (Wildman–Crippen MR) is 89.6 cm³/mol. The molecule has 0 aliphatic rings. The van der Waals surface area contributed by atoms with Crippen LogP contribution in [0.5, 0.6) is 0 Å². The first-order chi connectivity index (χ1) is 10.4. The molecule has 116 valence electrons. The molecule has 0 radical (unpaired) electrons. The van der Waals surface area contributed by atoms with Crippen molar-refractivity contribution in [2.24, 2.45) is 5.41 Å². The Hall–Kier alpha value is -2.13. The average Bonchev–Trinajstić information content (AvgIpc) is 2.49. The van der Waals surface area contributed by atoms with Crippen LogP contribution in [-0.4, -0.2) is 11.0 Å². The molecule has 22 heavy (non-hydrogen) atoms. The van der Waals surface area contributed by atoms with Gasteiger partial charge in [0.1, 0.15) is 0 Å². The van der Waals surface area contributed by atoms with Crippen molar-refractivity contribution < 1.29 is 9.90 Å². The highest BCUT2D eigenvalue weighted by molar-refractivity contribution is 5.95. The minimum Gasteiger partial charge on any atom is -0.388 e. The SMILES string of the molecule is CC(C)(C)C(=O)Nc1ccccc1CC(O)c1ccccc1. The fraction of sp³-hybridized carbons (Fsp3) is 0.316. The summed E-state index contributed by atoms with van der Waals surface area (Å²) in [4.78, 5) is 12.2. The Bertz CT molecular complexity index is 629. The monoisotopic (exact) mass is 297 g/mol. The van der Waals surface area contributed by atoms with Crippen LogP contribution in [0.25, 0.3) is 0 Å². The van der Waals surface area contributed by atoms with Gasteiger partial charge in [-0.1, -0.05) is 69.3 Å². The molecule has 0 saturated carbocycles. The van der Waals surface area contributed by atoms with E-state index in [4.69, 9.17) is 0 Å². The fourth-order valence-corrected chi connectivity index (χ4v) is 2.13. The van der Waals surface area contributed by atoms with Crippen LogP contribution in [0.1, 0.15) is 38.0 Å². The van der Waals surface area contributed by atoms with Gasteiger partial charge in [-0.3, -0.25) is 4.79 Å². The third-order valence-corrected chi connectivity index (χ3v) is 3.54. The van der Waals surface area contributed by atoms with E-state index >= 15 is 0 Å². The highest BCUT2D eigenvalue weighted by Gasteiger charge is 2.22. The first-order valence-electron chi connectivity index (χ1n) is 7.50. The summed E-state index contributed by atoms with van der Waals surface area (Å²) in [7, 11) is 0. The van der Waals surface area contributed by atoms with Crippen molar-refractivity contribution in [2.45, 2.75) is 33.3 Å². The van der Waals surface area contributed by atoms with E-state index in [1.165, 1.54) is 0 Å². The Kier molecular flexibility index (Phi) is 4.99. The first-order valence-corrected chi connectivity index (χ1v) is 7.50. The standard InChI is InChI=1S/C19H23NO2/c1-19(2,3)18(22)20-16-12-8-7-11-15(16)13-17(21)14-9-5-4-6-10-14/h4-12,17,21H,13H2,1-3H3,(H,20,22). The second-order valence-corrected chi connectivity index (χ2v) is 6.49. The van der Waals surface area contributed by atoms with Crippen molar-refractivity contribution in [1.29, 1.82) is 0 Å². The van der Waals surface area contributed by atoms with Gasteiger partial charge in [0.15, 0.2) is 0 Å². The molecule has 0 aliphatic heterocycles. The summed E-state index contributed by atoms with van der Waals surface area (Å²) in [6.07, 6.45) is -0.126. The van der Waals surface area contributed by atoms with Crippen molar-refractivity contribution >= 4 is 11.6 Å². The van der Waals surface area contributed by atoms with Gasteiger partial charge in [0.05, 0.1) is 6.10 Å². The van der Waals surface area contributed by atoms with Crippen molar-refractivity contribution in [1.82, 2.24) is 0 Å². The van der Waals surface area contributed by atoms with Gasteiger partial charge in [0.25, 0.3) is 0 Å². The Morgan fingerprint density at radius 3 is 2.27 bits per heavy atom. The number of aliphatic hydroxyl groups is 1. The van der Waals surface area contributed by atoms with Crippen LogP contribution < -0.4 is 5.32 Å². The lowest BCUT2D eigenvalue weighted by molar-refractivity contribution is -0.123. The maximum atomic E-state index is 12.2. The Labute approximate surface area is 132 Å². The Morgan fingerprint density at radius 2 is 1.64 bits per heavy atom. The number of hydrogen-bond acceptors (Lipinski definition) is 2. The van der Waals surface area contributed by atoms with Crippen LogP contribution in [0.3, 0.4) is 0 Å². The second kappa shape index (κ2) is 6.75. The minimum atomic E-state index is -0.589. The van der Waals surface area contributed by atoms with Crippen LogP contribution in [0.15, 0.2) is 54.6 Å². The number of anilines is 1. The lowest BCUT2D eigenvalue weighted by Crippen LogP contribution is -2.28. The summed E-state index contributed by atoms with van der Waals surface area (Å²) in [6, 6.07) is 17.2. The van der Waals surface area contributed by atoms with Crippen LogP contribution in [-0.2, 0) is 11.2 Å². The van der Waals surface area contributed by atoms with E-state index in [0.29, 0.717) is 6.42 Å². The van der Waals surface area contributed by atoms with Crippen LogP contribution >= 0.6 is 0 Å². The van der Waals surface area contributed by atoms with E-state index in [1.54, 1.807) is 0 Å². The Balaban J connectivity index is 2.17.